The van der Waals surface area contributed by atoms with Crippen LogP contribution < -0.4 is 0 Å². The van der Waals surface area contributed by atoms with Crippen LogP contribution in [0.5, 0.6) is 0 Å². The number of halogens is 1. The van der Waals surface area contributed by atoms with Crippen LogP contribution in [0.4, 0.5) is 0 Å². The molecule has 0 aliphatic carbocycles. The van der Waals surface area contributed by atoms with E-state index in [4.69, 9.17) is 0 Å². The average molecular weight is 340 g/mol. The Labute approximate surface area is 127 Å². The molecule has 1 aromatic carbocycles. The Bertz CT molecular complexity index is 500. The van der Waals surface area contributed by atoms with Crippen LogP contribution in [0.25, 0.3) is 6.08 Å². The van der Waals surface area contributed by atoms with Crippen molar-refractivity contribution in [2.45, 2.75) is 12.8 Å². The predicted octanol–water partition coefficient (Wildman–Crippen LogP) is 2.87. The van der Waals surface area contributed by atoms with Crippen molar-refractivity contribution in [2.24, 2.45) is 0 Å². The molecule has 0 unspecified atom stereocenters. The average Bonchev–Trinajstić information content (AvgIpc) is 2.45. The molecule has 0 bridgehead atoms. The zero-order valence-corrected chi connectivity index (χ0v) is 13.2. The molecule has 0 heterocycles. The fraction of sp³-hybridized carbons (Fsp3) is 0.333. The first-order valence-corrected chi connectivity index (χ1v) is 7.08. The van der Waals surface area contributed by atoms with Gasteiger partial charge in [-0.1, -0.05) is 34.1 Å². The van der Waals surface area contributed by atoms with Crippen LogP contribution in [-0.4, -0.2) is 37.5 Å². The van der Waals surface area contributed by atoms with Gasteiger partial charge in [-0.3, -0.25) is 9.59 Å². The second-order valence-corrected chi connectivity index (χ2v) is 5.15. The van der Waals surface area contributed by atoms with Crippen LogP contribution in [0.1, 0.15) is 18.4 Å². The van der Waals surface area contributed by atoms with Crippen molar-refractivity contribution in [1.29, 1.82) is 0 Å². The lowest BCUT2D eigenvalue weighted by molar-refractivity contribution is -0.141. The van der Waals surface area contributed by atoms with Gasteiger partial charge >= 0.3 is 5.97 Å². The zero-order valence-electron chi connectivity index (χ0n) is 11.6. The van der Waals surface area contributed by atoms with Gasteiger partial charge < -0.3 is 9.64 Å². The highest BCUT2D eigenvalue weighted by Gasteiger charge is 2.06. The first kappa shape index (κ1) is 16.4. The lowest BCUT2D eigenvalue weighted by atomic mass is 10.2. The normalized spacial score (nSPS) is 10.6. The molecule has 4 nitrogen and oxygen atoms in total. The number of esters is 1. The van der Waals surface area contributed by atoms with Gasteiger partial charge in [0.25, 0.3) is 0 Å². The van der Waals surface area contributed by atoms with E-state index in [9.17, 15) is 9.59 Å². The van der Waals surface area contributed by atoms with Crippen LogP contribution in [0.2, 0.25) is 0 Å². The van der Waals surface area contributed by atoms with E-state index >= 15 is 0 Å². The van der Waals surface area contributed by atoms with Gasteiger partial charge in [-0.2, -0.15) is 0 Å². The van der Waals surface area contributed by atoms with E-state index in [0.717, 1.165) is 10.0 Å². The summed E-state index contributed by atoms with van der Waals surface area (Å²) in [6.07, 6.45) is 4.21. The number of hydrogen-bond acceptors (Lipinski definition) is 3. The monoisotopic (exact) mass is 339 g/mol. The largest absolute Gasteiger partial charge is 0.469 e. The molecule has 0 aliphatic rings. The van der Waals surface area contributed by atoms with E-state index in [2.05, 4.69) is 20.7 Å². The molecular weight excluding hydrogens is 322 g/mol. The van der Waals surface area contributed by atoms with Crippen molar-refractivity contribution in [1.82, 2.24) is 4.90 Å². The fourth-order valence-electron chi connectivity index (χ4n) is 1.57. The maximum absolute atomic E-state index is 11.9. The van der Waals surface area contributed by atoms with Crippen molar-refractivity contribution < 1.29 is 14.3 Å². The zero-order chi connectivity index (χ0) is 15.0. The molecule has 0 spiro atoms. The SMILES string of the molecule is COC(=O)CCCN(C)C(=O)/C=C\c1ccccc1Br. The van der Waals surface area contributed by atoms with Gasteiger partial charge in [0.2, 0.25) is 5.91 Å². The van der Waals surface area contributed by atoms with Gasteiger partial charge in [-0.15, -0.1) is 0 Å². The van der Waals surface area contributed by atoms with Gasteiger partial charge in [0.1, 0.15) is 0 Å². The smallest absolute Gasteiger partial charge is 0.305 e. The van der Waals surface area contributed by atoms with Gasteiger partial charge in [0, 0.05) is 30.6 Å². The number of rotatable bonds is 6. The molecule has 0 saturated heterocycles. The highest BCUT2D eigenvalue weighted by molar-refractivity contribution is 9.10. The Balaban J connectivity index is 2.46. The molecule has 20 heavy (non-hydrogen) atoms. The number of amides is 1. The van der Waals surface area contributed by atoms with E-state index in [-0.39, 0.29) is 11.9 Å². The Hall–Kier alpha value is -1.62. The van der Waals surface area contributed by atoms with E-state index in [0.29, 0.717) is 19.4 Å². The van der Waals surface area contributed by atoms with Crippen molar-refractivity contribution >= 4 is 33.9 Å². The fourth-order valence-corrected chi connectivity index (χ4v) is 1.99. The first-order chi connectivity index (χ1) is 9.54. The molecule has 5 heteroatoms. The van der Waals surface area contributed by atoms with Crippen LogP contribution in [0, 0.1) is 0 Å². The molecule has 0 aromatic heterocycles. The standard InChI is InChI=1S/C15H18BrNO3/c1-17(11-5-8-15(19)20-2)14(18)10-9-12-6-3-4-7-13(12)16/h3-4,6-7,9-10H,5,8,11H2,1-2H3/b10-9-. The Morgan fingerprint density at radius 2 is 2.05 bits per heavy atom. The molecule has 1 aromatic rings. The van der Waals surface area contributed by atoms with E-state index in [1.54, 1.807) is 18.0 Å². The van der Waals surface area contributed by atoms with Crippen LogP contribution >= 0.6 is 15.9 Å². The summed E-state index contributed by atoms with van der Waals surface area (Å²) >= 11 is 3.42. The number of carbonyl (C=O) groups excluding carboxylic acids is 2. The molecule has 0 atom stereocenters. The number of hydrogen-bond donors (Lipinski definition) is 0. The number of nitrogens with zero attached hydrogens (tertiary/aromatic N) is 1. The van der Waals surface area contributed by atoms with Crippen LogP contribution in [0.3, 0.4) is 0 Å². The quantitative estimate of drug-likeness (QED) is 0.591. The van der Waals surface area contributed by atoms with Gasteiger partial charge in [-0.05, 0) is 24.1 Å². The minimum absolute atomic E-state index is 0.0920. The van der Waals surface area contributed by atoms with Gasteiger partial charge in [-0.25, -0.2) is 0 Å². The summed E-state index contributed by atoms with van der Waals surface area (Å²) in [6, 6.07) is 7.67. The summed E-state index contributed by atoms with van der Waals surface area (Å²) in [6.45, 7) is 0.522. The molecule has 0 radical (unpaired) electrons. The van der Waals surface area contributed by atoms with E-state index < -0.39 is 0 Å². The minimum Gasteiger partial charge on any atom is -0.469 e. The Kier molecular flexibility index (Phi) is 7.01. The Morgan fingerprint density at radius 1 is 1.35 bits per heavy atom. The molecule has 0 aliphatic heterocycles. The third-order valence-electron chi connectivity index (χ3n) is 2.79. The molecule has 0 saturated carbocycles. The molecule has 1 amide bonds. The maximum Gasteiger partial charge on any atom is 0.305 e. The van der Waals surface area contributed by atoms with E-state index in [1.807, 2.05) is 24.3 Å². The predicted molar refractivity (Wildman–Crippen MR) is 82.1 cm³/mol. The van der Waals surface area contributed by atoms with Gasteiger partial charge in [0.15, 0.2) is 0 Å². The van der Waals surface area contributed by atoms with Crippen molar-refractivity contribution in [3.63, 3.8) is 0 Å². The molecule has 108 valence electrons. The Morgan fingerprint density at radius 3 is 2.70 bits per heavy atom. The maximum atomic E-state index is 11.9. The second kappa shape index (κ2) is 8.53. The summed E-state index contributed by atoms with van der Waals surface area (Å²) < 4.78 is 5.49. The summed E-state index contributed by atoms with van der Waals surface area (Å²) in [5.41, 5.74) is 0.948. The lowest BCUT2D eigenvalue weighted by Gasteiger charge is -2.14. The van der Waals surface area contributed by atoms with Gasteiger partial charge in [0.05, 0.1) is 7.11 Å². The topological polar surface area (TPSA) is 46.6 Å². The third-order valence-corrected chi connectivity index (χ3v) is 3.51. The molecule has 1 rings (SSSR count). The molecule has 0 fully saturated rings. The highest BCUT2D eigenvalue weighted by Crippen LogP contribution is 2.17. The summed E-state index contributed by atoms with van der Waals surface area (Å²) in [5.74, 6) is -0.347. The third kappa shape index (κ3) is 5.57. The lowest BCUT2D eigenvalue weighted by Crippen LogP contribution is -2.26. The number of benzene rings is 1. The first-order valence-electron chi connectivity index (χ1n) is 6.29. The number of ether oxygens (including phenoxy) is 1. The summed E-state index contributed by atoms with van der Waals surface area (Å²) in [5, 5.41) is 0. The number of methoxy groups -OCH3 is 1. The van der Waals surface area contributed by atoms with Crippen molar-refractivity contribution in [3.05, 3.63) is 40.4 Å². The summed E-state index contributed by atoms with van der Waals surface area (Å²) in [7, 11) is 3.07. The summed E-state index contributed by atoms with van der Waals surface area (Å²) in [4.78, 5) is 24.4. The second-order valence-electron chi connectivity index (χ2n) is 4.29. The van der Waals surface area contributed by atoms with Crippen LogP contribution in [-0.2, 0) is 14.3 Å². The minimum atomic E-state index is -0.255. The van der Waals surface area contributed by atoms with Crippen molar-refractivity contribution in [2.75, 3.05) is 20.7 Å². The molecule has 0 N–H and O–H groups in total. The number of carbonyl (C=O) groups is 2. The van der Waals surface area contributed by atoms with E-state index in [1.165, 1.54) is 13.2 Å². The number of likely N-dealkylation sites (N-methyl/N-ethyl adjacent to an activating group) is 1. The van der Waals surface area contributed by atoms with Crippen LogP contribution in [0.15, 0.2) is 34.8 Å². The highest BCUT2D eigenvalue weighted by atomic mass is 79.9. The van der Waals surface area contributed by atoms with Crippen molar-refractivity contribution in [3.8, 4) is 0 Å². The molecular formula is C15H18BrNO3.